The second-order valence-electron chi connectivity index (χ2n) is 7.49. The van der Waals surface area contributed by atoms with E-state index in [0.717, 1.165) is 17.7 Å². The Labute approximate surface area is 180 Å². The molecule has 2 aromatic carbocycles. The first-order valence-electron chi connectivity index (χ1n) is 10.9. The summed E-state index contributed by atoms with van der Waals surface area (Å²) in [6.07, 6.45) is 2.39. The van der Waals surface area contributed by atoms with E-state index in [4.69, 9.17) is 4.74 Å². The van der Waals surface area contributed by atoms with E-state index in [1.165, 1.54) is 5.56 Å². The Hall–Kier alpha value is -2.82. The number of carbonyl (C=O) groups is 2. The van der Waals surface area contributed by atoms with Gasteiger partial charge in [-0.05, 0) is 43.9 Å². The van der Waals surface area contributed by atoms with Gasteiger partial charge < -0.3 is 15.0 Å². The molecule has 2 amide bonds. The molecule has 0 spiro atoms. The van der Waals surface area contributed by atoms with Gasteiger partial charge >= 0.3 is 0 Å². The van der Waals surface area contributed by atoms with Crippen molar-refractivity contribution in [2.75, 3.05) is 13.2 Å². The number of nitrogens with one attached hydrogen (secondary N) is 1. The third-order valence-corrected chi connectivity index (χ3v) is 4.96. The number of hydrogen-bond acceptors (Lipinski definition) is 3. The van der Waals surface area contributed by atoms with Crippen molar-refractivity contribution in [3.8, 4) is 5.75 Å². The fourth-order valence-electron chi connectivity index (χ4n) is 3.25. The summed E-state index contributed by atoms with van der Waals surface area (Å²) in [5, 5.41) is 2.94. The van der Waals surface area contributed by atoms with Crippen molar-refractivity contribution in [1.82, 2.24) is 10.2 Å². The number of carbonyl (C=O) groups excluding carboxylic acids is 2. The van der Waals surface area contributed by atoms with Crippen LogP contribution in [0.4, 0.5) is 0 Å². The van der Waals surface area contributed by atoms with Crippen LogP contribution >= 0.6 is 0 Å². The summed E-state index contributed by atoms with van der Waals surface area (Å²) in [5.74, 6) is 0.693. The van der Waals surface area contributed by atoms with Crippen molar-refractivity contribution in [2.45, 2.75) is 59.0 Å². The molecule has 2 aromatic rings. The zero-order valence-electron chi connectivity index (χ0n) is 18.4. The van der Waals surface area contributed by atoms with E-state index < -0.39 is 6.04 Å². The Morgan fingerprint density at radius 3 is 2.37 bits per heavy atom. The molecular weight excluding hydrogens is 376 g/mol. The number of rotatable bonds is 12. The summed E-state index contributed by atoms with van der Waals surface area (Å²) in [6, 6.07) is 17.2. The van der Waals surface area contributed by atoms with Crippen LogP contribution in [-0.2, 0) is 16.1 Å². The van der Waals surface area contributed by atoms with Crippen LogP contribution < -0.4 is 10.1 Å². The predicted octanol–water partition coefficient (Wildman–Crippen LogP) is 4.49. The minimum absolute atomic E-state index is 0.0225. The number of para-hydroxylation sites is 1. The van der Waals surface area contributed by atoms with Crippen molar-refractivity contribution >= 4 is 11.8 Å². The minimum atomic E-state index is -0.472. The lowest BCUT2D eigenvalue weighted by molar-refractivity contribution is -0.141. The molecule has 0 bridgehead atoms. The lowest BCUT2D eigenvalue weighted by Gasteiger charge is -2.30. The van der Waals surface area contributed by atoms with E-state index in [9.17, 15) is 9.59 Å². The highest BCUT2D eigenvalue weighted by molar-refractivity contribution is 5.87. The Morgan fingerprint density at radius 2 is 1.73 bits per heavy atom. The Morgan fingerprint density at radius 1 is 1.03 bits per heavy atom. The molecule has 5 nitrogen and oxygen atoms in total. The number of hydrogen-bond donors (Lipinski definition) is 1. The number of ether oxygens (including phenoxy) is 1. The molecule has 0 aromatic heterocycles. The van der Waals surface area contributed by atoms with Crippen LogP contribution in [0.1, 0.15) is 50.7 Å². The fourth-order valence-corrected chi connectivity index (χ4v) is 3.25. The molecule has 0 aliphatic rings. The summed E-state index contributed by atoms with van der Waals surface area (Å²) in [4.78, 5) is 27.5. The summed E-state index contributed by atoms with van der Waals surface area (Å²) < 4.78 is 5.70. The molecule has 0 aliphatic carbocycles. The lowest BCUT2D eigenvalue weighted by atomic mass is 10.1. The predicted molar refractivity (Wildman–Crippen MR) is 120 cm³/mol. The van der Waals surface area contributed by atoms with Gasteiger partial charge in [0.15, 0.2) is 0 Å². The van der Waals surface area contributed by atoms with Gasteiger partial charge in [-0.15, -0.1) is 0 Å². The molecule has 0 saturated heterocycles. The molecule has 0 saturated carbocycles. The standard InChI is InChI=1S/C25H34N2O3/c1-4-17-26-25(29)23(5-2)27(19-21-15-13-20(3)14-16-21)24(28)12-9-18-30-22-10-7-6-8-11-22/h6-8,10-11,13-16,23H,4-5,9,12,17-19H2,1-3H3,(H,26,29)/t23-/m1/s1. The van der Waals surface area contributed by atoms with Crippen molar-refractivity contribution in [3.63, 3.8) is 0 Å². The quantitative estimate of drug-likeness (QED) is 0.525. The molecule has 0 fully saturated rings. The van der Waals surface area contributed by atoms with Gasteiger partial charge in [0, 0.05) is 19.5 Å². The fraction of sp³-hybridized carbons (Fsp3) is 0.440. The maximum absolute atomic E-state index is 13.1. The number of benzene rings is 2. The lowest BCUT2D eigenvalue weighted by Crippen LogP contribution is -2.49. The van der Waals surface area contributed by atoms with E-state index in [0.29, 0.717) is 39.0 Å². The van der Waals surface area contributed by atoms with E-state index in [-0.39, 0.29) is 11.8 Å². The minimum Gasteiger partial charge on any atom is -0.494 e. The maximum Gasteiger partial charge on any atom is 0.242 e. The largest absolute Gasteiger partial charge is 0.494 e. The van der Waals surface area contributed by atoms with Gasteiger partial charge in [0.1, 0.15) is 11.8 Å². The van der Waals surface area contributed by atoms with Crippen molar-refractivity contribution in [1.29, 1.82) is 0 Å². The number of aryl methyl sites for hydroxylation is 1. The maximum atomic E-state index is 13.1. The van der Waals surface area contributed by atoms with Gasteiger partial charge in [-0.3, -0.25) is 9.59 Å². The summed E-state index contributed by atoms with van der Waals surface area (Å²) in [6.45, 7) is 7.51. The Bertz CT molecular complexity index is 775. The Balaban J connectivity index is 2.03. The van der Waals surface area contributed by atoms with Gasteiger partial charge in [0.2, 0.25) is 11.8 Å². The van der Waals surface area contributed by atoms with Crippen LogP contribution in [0.2, 0.25) is 0 Å². The zero-order valence-corrected chi connectivity index (χ0v) is 18.4. The molecule has 0 unspecified atom stereocenters. The second-order valence-corrected chi connectivity index (χ2v) is 7.49. The third-order valence-electron chi connectivity index (χ3n) is 4.96. The van der Waals surface area contributed by atoms with Crippen LogP contribution in [-0.4, -0.2) is 35.9 Å². The first-order valence-corrected chi connectivity index (χ1v) is 10.9. The van der Waals surface area contributed by atoms with Crippen molar-refractivity contribution in [3.05, 3.63) is 65.7 Å². The monoisotopic (exact) mass is 410 g/mol. The third kappa shape index (κ3) is 7.54. The highest BCUT2D eigenvalue weighted by Gasteiger charge is 2.28. The molecule has 0 radical (unpaired) electrons. The second kappa shape index (κ2) is 12.7. The molecule has 1 atom stereocenters. The topological polar surface area (TPSA) is 58.6 Å². The SMILES string of the molecule is CCCNC(=O)[C@@H](CC)N(Cc1ccc(C)cc1)C(=O)CCCOc1ccccc1. The van der Waals surface area contributed by atoms with Crippen LogP contribution in [0.5, 0.6) is 5.75 Å². The highest BCUT2D eigenvalue weighted by atomic mass is 16.5. The van der Waals surface area contributed by atoms with Gasteiger partial charge in [0.05, 0.1) is 6.61 Å². The van der Waals surface area contributed by atoms with Crippen LogP contribution in [0, 0.1) is 6.92 Å². The van der Waals surface area contributed by atoms with Crippen LogP contribution in [0.3, 0.4) is 0 Å². The average molecular weight is 411 g/mol. The first kappa shape index (κ1) is 23.5. The summed E-state index contributed by atoms with van der Waals surface area (Å²) in [7, 11) is 0. The average Bonchev–Trinajstić information content (AvgIpc) is 2.77. The smallest absolute Gasteiger partial charge is 0.242 e. The van der Waals surface area contributed by atoms with Crippen LogP contribution in [0.15, 0.2) is 54.6 Å². The summed E-state index contributed by atoms with van der Waals surface area (Å²) in [5.41, 5.74) is 2.19. The van der Waals surface area contributed by atoms with E-state index in [2.05, 4.69) is 5.32 Å². The van der Waals surface area contributed by atoms with Crippen LogP contribution in [0.25, 0.3) is 0 Å². The number of nitrogens with zero attached hydrogens (tertiary/aromatic N) is 1. The summed E-state index contributed by atoms with van der Waals surface area (Å²) >= 11 is 0. The van der Waals surface area contributed by atoms with Gasteiger partial charge in [0.25, 0.3) is 0 Å². The van der Waals surface area contributed by atoms with E-state index in [1.54, 1.807) is 4.90 Å². The van der Waals surface area contributed by atoms with Crippen molar-refractivity contribution < 1.29 is 14.3 Å². The molecule has 0 heterocycles. The molecule has 0 aliphatic heterocycles. The molecule has 1 N–H and O–H groups in total. The molecular formula is C25H34N2O3. The number of amides is 2. The molecule has 30 heavy (non-hydrogen) atoms. The van der Waals surface area contributed by atoms with Crippen molar-refractivity contribution in [2.24, 2.45) is 0 Å². The van der Waals surface area contributed by atoms with E-state index >= 15 is 0 Å². The molecule has 162 valence electrons. The van der Waals surface area contributed by atoms with Gasteiger partial charge in [-0.1, -0.05) is 61.9 Å². The highest BCUT2D eigenvalue weighted by Crippen LogP contribution is 2.16. The Kier molecular flexibility index (Phi) is 9.92. The zero-order chi connectivity index (χ0) is 21.8. The normalized spacial score (nSPS) is 11.6. The molecule has 5 heteroatoms. The first-order chi connectivity index (χ1) is 14.5. The molecule has 2 rings (SSSR count). The van der Waals surface area contributed by atoms with Gasteiger partial charge in [-0.2, -0.15) is 0 Å². The van der Waals surface area contributed by atoms with Gasteiger partial charge in [-0.25, -0.2) is 0 Å². The van der Waals surface area contributed by atoms with E-state index in [1.807, 2.05) is 75.4 Å².